The molecule has 1 heterocycles. The van der Waals surface area contributed by atoms with Crippen molar-refractivity contribution < 1.29 is 17.9 Å². The van der Waals surface area contributed by atoms with E-state index in [9.17, 15) is 12.8 Å². The number of aliphatic hydroxyl groups excluding tert-OH is 1. The first-order chi connectivity index (χ1) is 9.83. The van der Waals surface area contributed by atoms with Gasteiger partial charge in [0.1, 0.15) is 5.82 Å². The van der Waals surface area contributed by atoms with E-state index in [2.05, 4.69) is 9.82 Å². The molecule has 0 aliphatic rings. The van der Waals surface area contributed by atoms with Crippen LogP contribution in [-0.4, -0.2) is 23.3 Å². The van der Waals surface area contributed by atoms with Crippen LogP contribution in [0.15, 0.2) is 29.4 Å². The zero-order valence-corrected chi connectivity index (χ0v) is 12.6. The highest BCUT2D eigenvalue weighted by atomic mass is 35.5. The molecule has 2 aromatic rings. The summed E-state index contributed by atoms with van der Waals surface area (Å²) in [6, 6.07) is 1.95. The summed E-state index contributed by atoms with van der Waals surface area (Å²) < 4.78 is 41.7. The van der Waals surface area contributed by atoms with Crippen molar-refractivity contribution >= 4 is 21.6 Å². The normalized spacial score (nSPS) is 11.8. The molecule has 0 aliphatic carbocycles. The molecule has 0 saturated heterocycles. The Hall–Kier alpha value is -1.48. The number of aryl methyl sites for hydroxylation is 1. The maximum absolute atomic E-state index is 13.6. The Balaban J connectivity index is 2.25. The highest BCUT2D eigenvalue weighted by molar-refractivity contribution is 7.89. The van der Waals surface area contributed by atoms with Crippen LogP contribution in [0.5, 0.6) is 0 Å². The van der Waals surface area contributed by atoms with Crippen LogP contribution < -0.4 is 4.72 Å². The Labute approximate surface area is 126 Å². The first-order valence-electron chi connectivity index (χ1n) is 5.89. The molecule has 9 heteroatoms. The van der Waals surface area contributed by atoms with Gasteiger partial charge in [-0.3, -0.25) is 4.68 Å². The van der Waals surface area contributed by atoms with Gasteiger partial charge in [-0.2, -0.15) is 5.10 Å². The summed E-state index contributed by atoms with van der Waals surface area (Å²) >= 11 is 5.63. The van der Waals surface area contributed by atoms with Gasteiger partial charge in [0.25, 0.3) is 0 Å². The highest BCUT2D eigenvalue weighted by Gasteiger charge is 2.18. The standard InChI is InChI=1S/C12H13ClFN3O3S/c1-17-6-8(4-15-17)5-16-21(19,20)10-2-9(7-18)12(13)11(14)3-10/h2-4,6,16,18H,5,7H2,1H3. The minimum atomic E-state index is -3.92. The second-order valence-corrected chi connectivity index (χ2v) is 6.53. The van der Waals surface area contributed by atoms with Crippen molar-refractivity contribution in [1.29, 1.82) is 0 Å². The van der Waals surface area contributed by atoms with E-state index in [-0.39, 0.29) is 22.0 Å². The van der Waals surface area contributed by atoms with Crippen molar-refractivity contribution in [2.75, 3.05) is 0 Å². The van der Waals surface area contributed by atoms with E-state index in [1.165, 1.54) is 10.9 Å². The predicted octanol–water partition coefficient (Wildman–Crippen LogP) is 1.18. The Bertz CT molecular complexity index is 761. The average molecular weight is 334 g/mol. The summed E-state index contributed by atoms with van der Waals surface area (Å²) in [4.78, 5) is -0.294. The second-order valence-electron chi connectivity index (χ2n) is 4.38. The number of aliphatic hydroxyl groups is 1. The highest BCUT2D eigenvalue weighted by Crippen LogP contribution is 2.24. The summed E-state index contributed by atoms with van der Waals surface area (Å²) in [7, 11) is -2.21. The third-order valence-corrected chi connectivity index (χ3v) is 4.59. The van der Waals surface area contributed by atoms with Gasteiger partial charge in [0.2, 0.25) is 10.0 Å². The fourth-order valence-corrected chi connectivity index (χ4v) is 2.96. The van der Waals surface area contributed by atoms with Crippen LogP contribution in [0.25, 0.3) is 0 Å². The summed E-state index contributed by atoms with van der Waals surface area (Å²) in [5, 5.41) is 12.7. The van der Waals surface area contributed by atoms with Crippen LogP contribution in [-0.2, 0) is 30.2 Å². The molecule has 0 amide bonds. The molecule has 0 spiro atoms. The Kier molecular flexibility index (Phi) is 4.62. The van der Waals surface area contributed by atoms with E-state index in [0.717, 1.165) is 12.1 Å². The van der Waals surface area contributed by atoms with Crippen molar-refractivity contribution in [3.8, 4) is 0 Å². The smallest absolute Gasteiger partial charge is 0.240 e. The van der Waals surface area contributed by atoms with Crippen molar-refractivity contribution in [2.45, 2.75) is 18.0 Å². The molecule has 2 rings (SSSR count). The van der Waals surface area contributed by atoms with Gasteiger partial charge in [-0.1, -0.05) is 11.6 Å². The van der Waals surface area contributed by atoms with Gasteiger partial charge in [0.05, 0.1) is 22.7 Å². The molecule has 1 aromatic heterocycles. The van der Waals surface area contributed by atoms with E-state index in [4.69, 9.17) is 16.7 Å². The number of rotatable bonds is 5. The molecule has 0 atom stereocenters. The maximum atomic E-state index is 13.6. The first-order valence-corrected chi connectivity index (χ1v) is 7.75. The lowest BCUT2D eigenvalue weighted by atomic mass is 10.2. The minimum Gasteiger partial charge on any atom is -0.392 e. The number of aromatic nitrogens is 2. The van der Waals surface area contributed by atoms with Crippen LogP contribution >= 0.6 is 11.6 Å². The molecule has 0 aliphatic heterocycles. The minimum absolute atomic E-state index is 0.0124. The lowest BCUT2D eigenvalue weighted by Gasteiger charge is -2.09. The van der Waals surface area contributed by atoms with Gasteiger partial charge in [0.15, 0.2) is 0 Å². The molecule has 2 N–H and O–H groups in total. The number of hydrogen-bond donors (Lipinski definition) is 2. The molecule has 0 unspecified atom stereocenters. The summed E-state index contributed by atoms with van der Waals surface area (Å²) in [6.45, 7) is -0.531. The molecule has 6 nitrogen and oxygen atoms in total. The van der Waals surface area contributed by atoms with Crippen molar-refractivity contribution in [3.63, 3.8) is 0 Å². The van der Waals surface area contributed by atoms with E-state index in [1.807, 2.05) is 0 Å². The molecule has 114 valence electrons. The second kappa shape index (κ2) is 6.10. The number of sulfonamides is 1. The monoisotopic (exact) mass is 333 g/mol. The van der Waals surface area contributed by atoms with Gasteiger partial charge >= 0.3 is 0 Å². The Morgan fingerprint density at radius 3 is 2.76 bits per heavy atom. The third kappa shape index (κ3) is 3.59. The van der Waals surface area contributed by atoms with Gasteiger partial charge in [0, 0.05) is 30.9 Å². The fraction of sp³-hybridized carbons (Fsp3) is 0.250. The Morgan fingerprint density at radius 1 is 1.48 bits per heavy atom. The number of halogens is 2. The van der Waals surface area contributed by atoms with Crippen molar-refractivity contribution in [2.24, 2.45) is 7.05 Å². The predicted molar refractivity (Wildman–Crippen MR) is 74.6 cm³/mol. The third-order valence-electron chi connectivity index (χ3n) is 2.78. The number of nitrogens with one attached hydrogen (secondary N) is 1. The first kappa shape index (κ1) is 15.9. The molecule has 21 heavy (non-hydrogen) atoms. The zero-order valence-electron chi connectivity index (χ0n) is 11.0. The van der Waals surface area contributed by atoms with Crippen molar-refractivity contribution in [1.82, 2.24) is 14.5 Å². The molecule has 0 radical (unpaired) electrons. The van der Waals surface area contributed by atoms with Crippen LogP contribution in [0.1, 0.15) is 11.1 Å². The topological polar surface area (TPSA) is 84.2 Å². The summed E-state index contributed by atoms with van der Waals surface area (Å²) in [5.41, 5.74) is 0.677. The Morgan fingerprint density at radius 2 is 2.19 bits per heavy atom. The lowest BCUT2D eigenvalue weighted by molar-refractivity contribution is 0.281. The van der Waals surface area contributed by atoms with E-state index in [0.29, 0.717) is 5.56 Å². The molecule has 0 saturated carbocycles. The van der Waals surface area contributed by atoms with Crippen molar-refractivity contribution in [3.05, 3.63) is 46.5 Å². The number of nitrogens with zero attached hydrogens (tertiary/aromatic N) is 2. The van der Waals surface area contributed by atoms with Gasteiger partial charge < -0.3 is 5.11 Å². The van der Waals surface area contributed by atoms with E-state index in [1.54, 1.807) is 13.2 Å². The van der Waals surface area contributed by atoms with Crippen LogP contribution in [0.4, 0.5) is 4.39 Å². The fourth-order valence-electron chi connectivity index (χ4n) is 1.71. The van der Waals surface area contributed by atoms with E-state index >= 15 is 0 Å². The van der Waals surface area contributed by atoms with Gasteiger partial charge in [-0.05, 0) is 12.1 Å². The number of benzene rings is 1. The molecular formula is C12H13ClFN3O3S. The molecular weight excluding hydrogens is 321 g/mol. The SMILES string of the molecule is Cn1cc(CNS(=O)(=O)c2cc(F)c(Cl)c(CO)c2)cn1. The zero-order chi connectivity index (χ0) is 15.6. The summed E-state index contributed by atoms with van der Waals surface area (Å²) in [6.07, 6.45) is 3.17. The molecule has 0 bridgehead atoms. The largest absolute Gasteiger partial charge is 0.392 e. The molecule has 1 aromatic carbocycles. The van der Waals surface area contributed by atoms with Crippen LogP contribution in [0.3, 0.4) is 0 Å². The van der Waals surface area contributed by atoms with Gasteiger partial charge in [-0.15, -0.1) is 0 Å². The maximum Gasteiger partial charge on any atom is 0.240 e. The van der Waals surface area contributed by atoms with Crippen LogP contribution in [0.2, 0.25) is 5.02 Å². The molecule has 0 fully saturated rings. The quantitative estimate of drug-likeness (QED) is 0.860. The summed E-state index contributed by atoms with van der Waals surface area (Å²) in [5.74, 6) is -0.898. The number of hydrogen-bond acceptors (Lipinski definition) is 4. The van der Waals surface area contributed by atoms with E-state index < -0.39 is 22.4 Å². The van der Waals surface area contributed by atoms with Gasteiger partial charge in [-0.25, -0.2) is 17.5 Å². The average Bonchev–Trinajstić information content (AvgIpc) is 2.85. The van der Waals surface area contributed by atoms with Crippen LogP contribution in [0, 0.1) is 5.82 Å². The lowest BCUT2D eigenvalue weighted by Crippen LogP contribution is -2.23.